The number of alkyl halides is 1. The van der Waals surface area contributed by atoms with E-state index < -0.39 is 0 Å². The van der Waals surface area contributed by atoms with Gasteiger partial charge in [0.05, 0.1) is 5.56 Å². The second kappa shape index (κ2) is 3.72. The number of rotatable bonds is 1. The molecular formula is C10H8ClNO2. The zero-order chi connectivity index (χ0) is 9.97. The van der Waals surface area contributed by atoms with E-state index in [0.29, 0.717) is 11.3 Å². The normalized spacial score (nSPS) is 14.6. The second-order valence-corrected chi connectivity index (χ2v) is 3.03. The number of carbonyl (C=O) groups excluding carboxylic acids is 1. The highest BCUT2D eigenvalue weighted by Crippen LogP contribution is 2.22. The molecule has 0 unspecified atom stereocenters. The monoisotopic (exact) mass is 209 g/mol. The average Bonchev–Trinajstić information content (AvgIpc) is 2.39. The first-order valence-corrected chi connectivity index (χ1v) is 4.65. The van der Waals surface area contributed by atoms with E-state index in [4.69, 9.17) is 16.3 Å². The molecule has 1 aliphatic heterocycles. The number of benzene rings is 1. The fourth-order valence-electron chi connectivity index (χ4n) is 1.24. The Bertz CT molecular complexity index is 389. The molecule has 1 aliphatic rings. The Morgan fingerprint density at radius 3 is 2.93 bits per heavy atom. The number of halogens is 1. The Balaban J connectivity index is 2.46. The van der Waals surface area contributed by atoms with Crippen molar-refractivity contribution in [2.45, 2.75) is 0 Å². The van der Waals surface area contributed by atoms with E-state index in [1.165, 1.54) is 17.4 Å². The minimum Gasteiger partial charge on any atom is -0.463 e. The lowest BCUT2D eigenvalue weighted by Gasteiger charge is -2.12. The molecule has 1 aromatic rings. The second-order valence-electron chi connectivity index (χ2n) is 2.79. The Labute approximate surface area is 86.5 Å². The molecule has 0 atom stereocenters. The number of hydrogen-bond acceptors (Lipinski definition) is 2. The van der Waals surface area contributed by atoms with Crippen LogP contribution in [0.2, 0.25) is 0 Å². The van der Waals surface area contributed by atoms with Gasteiger partial charge in [-0.3, -0.25) is 9.69 Å². The highest BCUT2D eigenvalue weighted by molar-refractivity contribution is 6.19. The van der Waals surface area contributed by atoms with Crippen molar-refractivity contribution in [1.29, 1.82) is 0 Å². The molecule has 1 heterocycles. The number of carbonyl (C=O) groups is 1. The predicted octanol–water partition coefficient (Wildman–Crippen LogP) is 2.19. The van der Waals surface area contributed by atoms with Crippen LogP contribution >= 0.6 is 11.6 Å². The van der Waals surface area contributed by atoms with Gasteiger partial charge in [0.25, 0.3) is 5.91 Å². The van der Waals surface area contributed by atoms with Crippen LogP contribution in [0.15, 0.2) is 36.7 Å². The molecule has 1 amide bonds. The fraction of sp³-hybridized carbons (Fsp3) is 0.100. The summed E-state index contributed by atoms with van der Waals surface area (Å²) in [6, 6.07) is 7.18. The molecule has 0 aromatic heterocycles. The summed E-state index contributed by atoms with van der Waals surface area (Å²) in [5, 5.41) is 0. The van der Waals surface area contributed by atoms with Crippen LogP contribution in [-0.4, -0.2) is 16.8 Å². The maximum atomic E-state index is 11.8. The summed E-state index contributed by atoms with van der Waals surface area (Å²) < 4.78 is 5.25. The third kappa shape index (κ3) is 1.46. The van der Waals surface area contributed by atoms with E-state index in [9.17, 15) is 4.79 Å². The maximum Gasteiger partial charge on any atom is 0.262 e. The van der Waals surface area contributed by atoms with Gasteiger partial charge in [0.1, 0.15) is 18.0 Å². The van der Waals surface area contributed by atoms with Gasteiger partial charge in [0.2, 0.25) is 0 Å². The van der Waals surface area contributed by atoms with Crippen molar-refractivity contribution in [3.05, 3.63) is 42.3 Å². The van der Waals surface area contributed by atoms with Crippen molar-refractivity contribution in [1.82, 2.24) is 4.90 Å². The van der Waals surface area contributed by atoms with Crippen LogP contribution in [0, 0.1) is 0 Å². The van der Waals surface area contributed by atoms with Crippen LogP contribution in [0.3, 0.4) is 0 Å². The lowest BCUT2D eigenvalue weighted by molar-refractivity contribution is 0.0844. The van der Waals surface area contributed by atoms with Crippen molar-refractivity contribution >= 4 is 17.5 Å². The van der Waals surface area contributed by atoms with Crippen LogP contribution < -0.4 is 4.74 Å². The first kappa shape index (κ1) is 9.09. The summed E-state index contributed by atoms with van der Waals surface area (Å²) in [6.45, 7) is 0. The van der Waals surface area contributed by atoms with Crippen molar-refractivity contribution in [2.75, 3.05) is 6.00 Å². The molecule has 0 saturated carbocycles. The van der Waals surface area contributed by atoms with Gasteiger partial charge in [-0.25, -0.2) is 0 Å². The molecule has 0 saturated heterocycles. The topological polar surface area (TPSA) is 29.5 Å². The minimum atomic E-state index is -0.149. The molecule has 0 radical (unpaired) electrons. The largest absolute Gasteiger partial charge is 0.463 e. The molecule has 0 aliphatic carbocycles. The lowest BCUT2D eigenvalue weighted by atomic mass is 10.2. The Morgan fingerprint density at radius 1 is 1.36 bits per heavy atom. The molecule has 3 nitrogen and oxygen atoms in total. The van der Waals surface area contributed by atoms with Crippen molar-refractivity contribution in [2.24, 2.45) is 0 Å². The smallest absolute Gasteiger partial charge is 0.262 e. The van der Waals surface area contributed by atoms with Crippen LogP contribution in [0.4, 0.5) is 0 Å². The van der Waals surface area contributed by atoms with Gasteiger partial charge < -0.3 is 4.74 Å². The number of hydrogen-bond donors (Lipinski definition) is 0. The first-order chi connectivity index (χ1) is 6.83. The Kier molecular flexibility index (Phi) is 2.41. The average molecular weight is 210 g/mol. The third-order valence-corrected chi connectivity index (χ3v) is 2.20. The van der Waals surface area contributed by atoms with Crippen LogP contribution in [0.5, 0.6) is 5.75 Å². The molecule has 14 heavy (non-hydrogen) atoms. The summed E-state index contributed by atoms with van der Waals surface area (Å²) in [6.07, 6.45) is 2.97. The Morgan fingerprint density at radius 2 is 2.14 bits per heavy atom. The summed E-state index contributed by atoms with van der Waals surface area (Å²) in [4.78, 5) is 13.2. The SMILES string of the molecule is O=C1c2ccccc2OC=CN1CCl. The molecule has 2 rings (SSSR count). The van der Waals surface area contributed by atoms with Crippen molar-refractivity contribution < 1.29 is 9.53 Å². The highest BCUT2D eigenvalue weighted by Gasteiger charge is 2.19. The van der Waals surface area contributed by atoms with E-state index in [2.05, 4.69) is 0 Å². The maximum absolute atomic E-state index is 11.8. The predicted molar refractivity (Wildman–Crippen MR) is 53.1 cm³/mol. The Hall–Kier alpha value is -1.48. The van der Waals surface area contributed by atoms with Gasteiger partial charge >= 0.3 is 0 Å². The number of fused-ring (bicyclic) bond motifs is 1. The zero-order valence-corrected chi connectivity index (χ0v) is 8.07. The molecule has 72 valence electrons. The zero-order valence-electron chi connectivity index (χ0n) is 7.31. The van der Waals surface area contributed by atoms with Gasteiger partial charge in [-0.05, 0) is 12.1 Å². The summed E-state index contributed by atoms with van der Waals surface area (Å²) in [7, 11) is 0. The van der Waals surface area contributed by atoms with Gasteiger partial charge in [-0.15, -0.1) is 11.6 Å². The number of ether oxygens (including phenoxy) is 1. The number of nitrogens with zero attached hydrogens (tertiary/aromatic N) is 1. The number of para-hydroxylation sites is 1. The molecule has 4 heteroatoms. The summed E-state index contributed by atoms with van der Waals surface area (Å²) in [5.74, 6) is 0.408. The molecule has 0 fully saturated rings. The summed E-state index contributed by atoms with van der Waals surface area (Å²) >= 11 is 5.61. The first-order valence-electron chi connectivity index (χ1n) is 4.12. The highest BCUT2D eigenvalue weighted by atomic mass is 35.5. The van der Waals surface area contributed by atoms with E-state index in [1.54, 1.807) is 18.2 Å². The van der Waals surface area contributed by atoms with Crippen LogP contribution in [0.25, 0.3) is 0 Å². The standard InChI is InChI=1S/C10H8ClNO2/c11-7-12-5-6-14-9-4-2-1-3-8(9)10(12)13/h1-6H,7H2. The van der Waals surface area contributed by atoms with Gasteiger partial charge in [-0.2, -0.15) is 0 Å². The van der Waals surface area contributed by atoms with E-state index in [1.807, 2.05) is 6.07 Å². The molecule has 1 aromatic carbocycles. The van der Waals surface area contributed by atoms with Crippen LogP contribution in [-0.2, 0) is 0 Å². The number of amides is 1. The van der Waals surface area contributed by atoms with Crippen molar-refractivity contribution in [3.63, 3.8) is 0 Å². The fourth-order valence-corrected chi connectivity index (χ4v) is 1.43. The molecule has 0 N–H and O–H groups in total. The summed E-state index contributed by atoms with van der Waals surface area (Å²) in [5.41, 5.74) is 0.526. The minimum absolute atomic E-state index is 0.118. The van der Waals surface area contributed by atoms with Gasteiger partial charge in [-0.1, -0.05) is 12.1 Å². The lowest BCUT2D eigenvalue weighted by Crippen LogP contribution is -2.23. The molecule has 0 spiro atoms. The molecule has 0 bridgehead atoms. The van der Waals surface area contributed by atoms with Crippen molar-refractivity contribution in [3.8, 4) is 5.75 Å². The van der Waals surface area contributed by atoms with E-state index >= 15 is 0 Å². The van der Waals surface area contributed by atoms with Crippen LogP contribution in [0.1, 0.15) is 10.4 Å². The van der Waals surface area contributed by atoms with E-state index in [0.717, 1.165) is 0 Å². The third-order valence-electron chi connectivity index (χ3n) is 1.94. The quantitative estimate of drug-likeness (QED) is 0.524. The van der Waals surface area contributed by atoms with Gasteiger partial charge in [0.15, 0.2) is 0 Å². The molecular weight excluding hydrogens is 202 g/mol. The van der Waals surface area contributed by atoms with Gasteiger partial charge in [0, 0.05) is 6.20 Å². The van der Waals surface area contributed by atoms with E-state index in [-0.39, 0.29) is 11.9 Å².